The third-order valence-corrected chi connectivity index (χ3v) is 4.53. The normalized spacial score (nSPS) is 19.2. The molecule has 6 heteroatoms. The summed E-state index contributed by atoms with van der Waals surface area (Å²) >= 11 is 0. The number of carbonyl (C=O) groups is 1. The van der Waals surface area contributed by atoms with Gasteiger partial charge in [0.25, 0.3) is 0 Å². The Bertz CT molecular complexity index is 493. The fourth-order valence-corrected chi connectivity index (χ4v) is 3.11. The van der Waals surface area contributed by atoms with Crippen molar-refractivity contribution in [1.82, 2.24) is 9.88 Å². The summed E-state index contributed by atoms with van der Waals surface area (Å²) in [4.78, 5) is 20.7. The lowest BCUT2D eigenvalue weighted by Crippen LogP contribution is -2.38. The highest BCUT2D eigenvalue weighted by Crippen LogP contribution is 2.23. The van der Waals surface area contributed by atoms with Gasteiger partial charge in [-0.1, -0.05) is 12.8 Å². The van der Waals surface area contributed by atoms with Crippen LogP contribution >= 0.6 is 0 Å². The van der Waals surface area contributed by atoms with Crippen molar-refractivity contribution in [2.24, 2.45) is 0 Å². The Labute approximate surface area is 131 Å². The van der Waals surface area contributed by atoms with Crippen LogP contribution in [0.4, 0.5) is 16.3 Å². The Morgan fingerprint density at radius 1 is 1.32 bits per heavy atom. The molecule has 1 saturated carbocycles. The van der Waals surface area contributed by atoms with E-state index in [9.17, 15) is 4.79 Å². The van der Waals surface area contributed by atoms with Gasteiger partial charge in [-0.2, -0.15) is 0 Å². The topological polar surface area (TPSA) is 57.7 Å². The van der Waals surface area contributed by atoms with Crippen LogP contribution in [0, 0.1) is 0 Å². The number of amides is 2. The molecular formula is C16H24N4O2. The number of ether oxygens (including phenoxy) is 1. The van der Waals surface area contributed by atoms with Crippen molar-refractivity contribution in [2.45, 2.75) is 31.7 Å². The molecule has 0 radical (unpaired) electrons. The zero-order valence-corrected chi connectivity index (χ0v) is 13.1. The maximum absolute atomic E-state index is 12.2. The van der Waals surface area contributed by atoms with Crippen LogP contribution in [0.15, 0.2) is 18.3 Å². The summed E-state index contributed by atoms with van der Waals surface area (Å²) in [6.07, 6.45) is 6.39. The fraction of sp³-hybridized carbons (Fsp3) is 0.625. The van der Waals surface area contributed by atoms with Crippen molar-refractivity contribution in [3.8, 4) is 0 Å². The number of urea groups is 1. The molecule has 2 heterocycles. The van der Waals surface area contributed by atoms with Gasteiger partial charge in [-0.15, -0.1) is 0 Å². The Hall–Kier alpha value is -1.82. The molecular weight excluding hydrogens is 280 g/mol. The summed E-state index contributed by atoms with van der Waals surface area (Å²) < 4.78 is 5.34. The molecule has 0 spiro atoms. The quantitative estimate of drug-likeness (QED) is 0.931. The van der Waals surface area contributed by atoms with E-state index in [0.29, 0.717) is 6.04 Å². The number of anilines is 2. The number of rotatable bonds is 3. The number of morpholine rings is 1. The number of hydrogen-bond donors (Lipinski definition) is 1. The maximum Gasteiger partial charge on any atom is 0.321 e. The van der Waals surface area contributed by atoms with Gasteiger partial charge in [-0.25, -0.2) is 9.78 Å². The monoisotopic (exact) mass is 304 g/mol. The Morgan fingerprint density at radius 2 is 2.05 bits per heavy atom. The van der Waals surface area contributed by atoms with E-state index in [1.807, 2.05) is 24.1 Å². The van der Waals surface area contributed by atoms with E-state index < -0.39 is 0 Å². The third-order valence-electron chi connectivity index (χ3n) is 4.53. The molecule has 22 heavy (non-hydrogen) atoms. The summed E-state index contributed by atoms with van der Waals surface area (Å²) in [7, 11) is 1.88. The van der Waals surface area contributed by atoms with E-state index in [1.54, 1.807) is 6.20 Å². The Morgan fingerprint density at radius 3 is 2.68 bits per heavy atom. The van der Waals surface area contributed by atoms with Crippen molar-refractivity contribution in [2.75, 3.05) is 43.6 Å². The first-order valence-electron chi connectivity index (χ1n) is 8.06. The van der Waals surface area contributed by atoms with E-state index in [0.717, 1.165) is 50.7 Å². The second-order valence-electron chi connectivity index (χ2n) is 5.98. The molecule has 120 valence electrons. The number of hydrogen-bond acceptors (Lipinski definition) is 4. The number of pyridine rings is 1. The van der Waals surface area contributed by atoms with E-state index in [2.05, 4.69) is 15.2 Å². The Kier molecular flexibility index (Phi) is 4.77. The molecule has 0 bridgehead atoms. The van der Waals surface area contributed by atoms with Gasteiger partial charge in [-0.05, 0) is 25.0 Å². The number of aromatic nitrogens is 1. The standard InChI is InChI=1S/C16H24N4O2/c1-19(14-4-2-3-5-14)16(21)18-13-6-7-15(17-12-13)20-8-10-22-11-9-20/h6-7,12,14H,2-5,8-11H2,1H3,(H,18,21). The second kappa shape index (κ2) is 6.96. The van der Waals surface area contributed by atoms with Gasteiger partial charge in [0.15, 0.2) is 0 Å². The van der Waals surface area contributed by atoms with Crippen LogP contribution in [0.25, 0.3) is 0 Å². The molecule has 1 saturated heterocycles. The molecule has 3 rings (SSSR count). The Balaban J connectivity index is 1.57. The van der Waals surface area contributed by atoms with Crippen molar-refractivity contribution in [3.63, 3.8) is 0 Å². The first kappa shape index (κ1) is 15.1. The molecule has 1 aliphatic heterocycles. The minimum absolute atomic E-state index is 0.0483. The highest BCUT2D eigenvalue weighted by molar-refractivity contribution is 5.89. The highest BCUT2D eigenvalue weighted by atomic mass is 16.5. The minimum atomic E-state index is -0.0483. The zero-order valence-electron chi connectivity index (χ0n) is 13.1. The van der Waals surface area contributed by atoms with Gasteiger partial charge < -0.3 is 19.9 Å². The average molecular weight is 304 g/mol. The molecule has 0 aromatic carbocycles. The van der Waals surface area contributed by atoms with E-state index in [-0.39, 0.29) is 6.03 Å². The first-order valence-corrected chi connectivity index (χ1v) is 8.06. The summed E-state index contributed by atoms with van der Waals surface area (Å²) in [6.45, 7) is 3.21. The van der Waals surface area contributed by atoms with Crippen LogP contribution < -0.4 is 10.2 Å². The SMILES string of the molecule is CN(C(=O)Nc1ccc(N2CCOCC2)nc1)C1CCCC1. The average Bonchev–Trinajstić information content (AvgIpc) is 3.10. The molecule has 2 aliphatic rings. The van der Waals surface area contributed by atoms with Gasteiger partial charge in [0.05, 0.1) is 25.1 Å². The van der Waals surface area contributed by atoms with Crippen LogP contribution in [0.3, 0.4) is 0 Å². The van der Waals surface area contributed by atoms with Crippen LogP contribution in [-0.4, -0.2) is 55.3 Å². The molecule has 1 aromatic rings. The molecule has 2 fully saturated rings. The second-order valence-corrected chi connectivity index (χ2v) is 5.98. The summed E-state index contributed by atoms with van der Waals surface area (Å²) in [5.41, 5.74) is 0.742. The molecule has 0 atom stereocenters. The number of nitrogens with one attached hydrogen (secondary N) is 1. The third kappa shape index (κ3) is 3.50. The maximum atomic E-state index is 12.2. The van der Waals surface area contributed by atoms with Crippen molar-refractivity contribution in [1.29, 1.82) is 0 Å². The molecule has 2 amide bonds. The molecule has 6 nitrogen and oxygen atoms in total. The zero-order chi connectivity index (χ0) is 15.4. The van der Waals surface area contributed by atoms with Gasteiger partial charge >= 0.3 is 6.03 Å². The van der Waals surface area contributed by atoms with Crippen molar-refractivity contribution in [3.05, 3.63) is 18.3 Å². The number of carbonyl (C=O) groups excluding carboxylic acids is 1. The fourth-order valence-electron chi connectivity index (χ4n) is 3.11. The molecule has 1 aromatic heterocycles. The van der Waals surface area contributed by atoms with E-state index in [4.69, 9.17) is 4.74 Å². The van der Waals surface area contributed by atoms with Crippen LogP contribution in [-0.2, 0) is 4.74 Å². The lowest BCUT2D eigenvalue weighted by atomic mass is 10.2. The summed E-state index contributed by atoms with van der Waals surface area (Å²) in [5.74, 6) is 0.936. The van der Waals surface area contributed by atoms with E-state index >= 15 is 0 Å². The van der Waals surface area contributed by atoms with Crippen molar-refractivity contribution < 1.29 is 9.53 Å². The lowest BCUT2D eigenvalue weighted by Gasteiger charge is -2.28. The largest absolute Gasteiger partial charge is 0.378 e. The number of nitrogens with zero attached hydrogens (tertiary/aromatic N) is 3. The van der Waals surface area contributed by atoms with Gasteiger partial charge in [0.1, 0.15) is 5.82 Å². The van der Waals surface area contributed by atoms with Crippen LogP contribution in [0.2, 0.25) is 0 Å². The summed E-state index contributed by atoms with van der Waals surface area (Å²) in [5, 5.41) is 2.93. The minimum Gasteiger partial charge on any atom is -0.378 e. The van der Waals surface area contributed by atoms with Gasteiger partial charge in [-0.3, -0.25) is 0 Å². The predicted octanol–water partition coefficient (Wildman–Crippen LogP) is 2.32. The van der Waals surface area contributed by atoms with Gasteiger partial charge in [0.2, 0.25) is 0 Å². The molecule has 1 N–H and O–H groups in total. The van der Waals surface area contributed by atoms with Crippen molar-refractivity contribution >= 4 is 17.5 Å². The van der Waals surface area contributed by atoms with Gasteiger partial charge in [0, 0.05) is 26.2 Å². The lowest BCUT2D eigenvalue weighted by molar-refractivity contribution is 0.122. The smallest absolute Gasteiger partial charge is 0.321 e. The summed E-state index contributed by atoms with van der Waals surface area (Å²) in [6, 6.07) is 4.20. The van der Waals surface area contributed by atoms with E-state index in [1.165, 1.54) is 12.8 Å². The predicted molar refractivity (Wildman–Crippen MR) is 86.3 cm³/mol. The van der Waals surface area contributed by atoms with Crippen LogP contribution in [0.1, 0.15) is 25.7 Å². The molecule has 1 aliphatic carbocycles. The molecule has 0 unspecified atom stereocenters. The van der Waals surface area contributed by atoms with Crippen LogP contribution in [0.5, 0.6) is 0 Å². The first-order chi connectivity index (χ1) is 10.7. The highest BCUT2D eigenvalue weighted by Gasteiger charge is 2.23.